The summed E-state index contributed by atoms with van der Waals surface area (Å²) in [6, 6.07) is 35.4. The third-order valence-electron chi connectivity index (χ3n) is 8.24. The van der Waals surface area contributed by atoms with Gasteiger partial charge in [0, 0.05) is 0 Å². The van der Waals surface area contributed by atoms with Crippen LogP contribution in [0.3, 0.4) is 0 Å². The fourth-order valence-corrected chi connectivity index (χ4v) is 13.6. The number of allylic oxidation sites excluding steroid dienone is 2. The second-order valence-electron chi connectivity index (χ2n) is 10.6. The molecule has 6 aromatic rings. The average molecular weight is 669 g/mol. The monoisotopic (exact) mass is 670 g/mol. The molecule has 39 heavy (non-hydrogen) atoms. The van der Waals surface area contributed by atoms with Crippen LogP contribution in [0.15, 0.2) is 106 Å². The molecule has 2 atom stereocenters. The molecule has 2 heterocycles. The summed E-state index contributed by atoms with van der Waals surface area (Å²) in [5.74, 6) is 3.95. The van der Waals surface area contributed by atoms with E-state index in [4.69, 9.17) is 8.83 Å². The van der Waals surface area contributed by atoms with Gasteiger partial charge in [0.25, 0.3) is 0 Å². The first-order valence-electron chi connectivity index (χ1n) is 13.5. The van der Waals surface area contributed by atoms with Crippen LogP contribution in [-0.2, 0) is 22.9 Å². The van der Waals surface area contributed by atoms with E-state index in [1.807, 2.05) is 13.8 Å². The summed E-state index contributed by atoms with van der Waals surface area (Å²) in [5, 5.41) is 5.25. The van der Waals surface area contributed by atoms with Gasteiger partial charge in [0.05, 0.1) is 0 Å². The van der Waals surface area contributed by atoms with Crippen LogP contribution in [0, 0.1) is 13.8 Å². The predicted octanol–water partition coefficient (Wildman–Crippen LogP) is 9.77. The maximum absolute atomic E-state index is 6.28. The van der Waals surface area contributed by atoms with Crippen molar-refractivity contribution in [3.63, 3.8) is 0 Å². The molecule has 0 saturated heterocycles. The zero-order valence-corrected chi connectivity index (χ0v) is 25.5. The molecule has 3 heteroatoms. The number of furan rings is 2. The summed E-state index contributed by atoms with van der Waals surface area (Å²) < 4.78 is 13.4. The molecular weight excluding hydrogens is 643 g/mol. The SMILES string of the molecule is Cc1ccc(C2=Cc3c(ccc4ccccc34)[CH]2[Hf][CH]2C(c3ccc(C)o3)=Cc3c2ccc2ccccc32)o1. The molecule has 0 saturated carbocycles. The van der Waals surface area contributed by atoms with Gasteiger partial charge in [-0.25, -0.2) is 0 Å². The van der Waals surface area contributed by atoms with Crippen LogP contribution in [0.5, 0.6) is 0 Å². The first kappa shape index (κ1) is 23.2. The molecule has 8 rings (SSSR count). The van der Waals surface area contributed by atoms with Crippen LogP contribution < -0.4 is 0 Å². The fraction of sp³-hybridized carbons (Fsp3) is 0.111. The normalized spacial score (nSPS) is 17.8. The van der Waals surface area contributed by atoms with Crippen LogP contribution in [-0.4, -0.2) is 0 Å². The first-order valence-corrected chi connectivity index (χ1v) is 17.6. The number of rotatable bonds is 4. The molecule has 2 unspecified atom stereocenters. The fourth-order valence-electron chi connectivity index (χ4n) is 6.40. The Balaban J connectivity index is 1.31. The van der Waals surface area contributed by atoms with Gasteiger partial charge in [-0.05, 0) is 0 Å². The Morgan fingerprint density at radius 3 is 1.41 bits per heavy atom. The van der Waals surface area contributed by atoms with Crippen molar-refractivity contribution in [3.8, 4) is 0 Å². The number of fused-ring (bicyclic) bond motifs is 6. The molecule has 0 radical (unpaired) electrons. The van der Waals surface area contributed by atoms with Crippen molar-refractivity contribution >= 4 is 44.8 Å². The van der Waals surface area contributed by atoms with Gasteiger partial charge in [0.15, 0.2) is 0 Å². The van der Waals surface area contributed by atoms with Gasteiger partial charge in [0.1, 0.15) is 0 Å². The molecule has 186 valence electrons. The van der Waals surface area contributed by atoms with Crippen LogP contribution in [0.1, 0.15) is 52.6 Å². The molecule has 0 spiro atoms. The minimum atomic E-state index is -1.50. The topological polar surface area (TPSA) is 26.3 Å². The number of hydrogen-bond donors (Lipinski definition) is 0. The van der Waals surface area contributed by atoms with Crippen LogP contribution in [0.25, 0.3) is 44.8 Å². The summed E-state index contributed by atoms with van der Waals surface area (Å²) in [6.45, 7) is 4.08. The Morgan fingerprint density at radius 1 is 0.513 bits per heavy atom. The van der Waals surface area contributed by atoms with E-state index in [1.54, 1.807) is 0 Å². The van der Waals surface area contributed by atoms with E-state index in [1.165, 1.54) is 54.9 Å². The molecule has 4 aromatic carbocycles. The van der Waals surface area contributed by atoms with Crippen LogP contribution >= 0.6 is 0 Å². The molecule has 0 fully saturated rings. The standard InChI is InChI=1S/2C18H13O.Hf/c2*1-12-6-9-18(19-12)15-10-14-8-7-13-4-2-3-5-16(13)17(14)11-15;/h2*2-11H,1H3;. The average Bonchev–Trinajstić information content (AvgIpc) is 3.74. The zero-order valence-electron chi connectivity index (χ0n) is 21.9. The Hall–Kier alpha value is -3.69. The number of aryl methyl sites for hydroxylation is 2. The van der Waals surface area contributed by atoms with Gasteiger partial charge in [-0.2, -0.15) is 0 Å². The first-order chi connectivity index (χ1) is 19.1. The third-order valence-corrected chi connectivity index (χ3v) is 15.1. The van der Waals surface area contributed by atoms with Crippen molar-refractivity contribution in [2.24, 2.45) is 0 Å². The van der Waals surface area contributed by atoms with Gasteiger partial charge >= 0.3 is 240 Å². The van der Waals surface area contributed by atoms with Gasteiger partial charge in [-0.1, -0.05) is 0 Å². The molecule has 2 nitrogen and oxygen atoms in total. The predicted molar refractivity (Wildman–Crippen MR) is 156 cm³/mol. The molecule has 0 N–H and O–H groups in total. The van der Waals surface area contributed by atoms with Crippen molar-refractivity contribution in [2.45, 2.75) is 21.2 Å². The van der Waals surface area contributed by atoms with E-state index < -0.39 is 22.9 Å². The van der Waals surface area contributed by atoms with Crippen molar-refractivity contribution < 1.29 is 31.7 Å². The van der Waals surface area contributed by atoms with Crippen LogP contribution in [0.2, 0.25) is 0 Å². The quantitative estimate of drug-likeness (QED) is 0.175. The van der Waals surface area contributed by atoms with Gasteiger partial charge in [0.2, 0.25) is 0 Å². The molecule has 0 amide bonds. The Bertz CT molecular complexity index is 1840. The van der Waals surface area contributed by atoms with E-state index >= 15 is 0 Å². The van der Waals surface area contributed by atoms with Crippen molar-refractivity contribution in [1.29, 1.82) is 0 Å². The van der Waals surface area contributed by atoms with Gasteiger partial charge in [-0.15, -0.1) is 0 Å². The van der Waals surface area contributed by atoms with E-state index in [0.717, 1.165) is 23.0 Å². The summed E-state index contributed by atoms with van der Waals surface area (Å²) >= 11 is -1.50. The molecule has 2 aliphatic rings. The molecule has 2 aliphatic carbocycles. The van der Waals surface area contributed by atoms with Gasteiger partial charge in [-0.3, -0.25) is 0 Å². The Labute approximate surface area is 239 Å². The molecule has 0 bridgehead atoms. The zero-order chi connectivity index (χ0) is 26.1. The molecular formula is C36H26HfO2. The second kappa shape index (κ2) is 8.93. The Morgan fingerprint density at radius 2 is 0.974 bits per heavy atom. The minimum absolute atomic E-state index is 0.400. The number of hydrogen-bond acceptors (Lipinski definition) is 2. The van der Waals surface area contributed by atoms with Gasteiger partial charge < -0.3 is 0 Å². The maximum atomic E-state index is 6.28. The van der Waals surface area contributed by atoms with E-state index in [2.05, 4.69) is 109 Å². The van der Waals surface area contributed by atoms with E-state index in [9.17, 15) is 0 Å². The van der Waals surface area contributed by atoms with Crippen molar-refractivity contribution in [1.82, 2.24) is 0 Å². The van der Waals surface area contributed by atoms with Crippen LogP contribution in [0.4, 0.5) is 0 Å². The van der Waals surface area contributed by atoms with Crippen molar-refractivity contribution in [3.05, 3.63) is 142 Å². The third kappa shape index (κ3) is 3.71. The second-order valence-corrected chi connectivity index (χ2v) is 16.0. The van der Waals surface area contributed by atoms with E-state index in [0.29, 0.717) is 7.35 Å². The molecule has 2 aromatic heterocycles. The van der Waals surface area contributed by atoms with E-state index in [-0.39, 0.29) is 0 Å². The summed E-state index contributed by atoms with van der Waals surface area (Å²) in [4.78, 5) is 0. The molecule has 0 aliphatic heterocycles. The van der Waals surface area contributed by atoms with Crippen molar-refractivity contribution in [2.75, 3.05) is 0 Å². The summed E-state index contributed by atoms with van der Waals surface area (Å²) in [6.07, 6.45) is 4.84. The summed E-state index contributed by atoms with van der Waals surface area (Å²) in [7, 11) is 0. The Kier molecular flexibility index (Phi) is 5.31. The number of benzene rings is 4. The summed E-state index contributed by atoms with van der Waals surface area (Å²) in [5.41, 5.74) is 8.36.